The number of hydrogen-bond donors (Lipinski definition) is 0. The Balaban J connectivity index is 2.19. The van der Waals surface area contributed by atoms with E-state index in [0.29, 0.717) is 22.9 Å². The van der Waals surface area contributed by atoms with Gasteiger partial charge in [-0.15, -0.1) is 0 Å². The molecule has 2 unspecified atom stereocenters. The number of nitrogens with zero attached hydrogens (tertiary/aromatic N) is 2. The number of morpholine rings is 1. The van der Waals surface area contributed by atoms with E-state index < -0.39 is 5.60 Å². The van der Waals surface area contributed by atoms with Crippen LogP contribution in [0.2, 0.25) is 5.15 Å². The second kappa shape index (κ2) is 6.72. The summed E-state index contributed by atoms with van der Waals surface area (Å²) in [5.41, 5.74) is 0.362. The molecule has 1 aliphatic rings. The van der Waals surface area contributed by atoms with Gasteiger partial charge >= 0.3 is 6.09 Å². The van der Waals surface area contributed by atoms with Gasteiger partial charge in [-0.25, -0.2) is 9.78 Å². The maximum absolute atomic E-state index is 12.3. The summed E-state index contributed by atoms with van der Waals surface area (Å²) >= 11 is 9.33. The summed E-state index contributed by atoms with van der Waals surface area (Å²) in [6.45, 7) is 8.46. The van der Waals surface area contributed by atoms with Crippen LogP contribution < -0.4 is 0 Å². The molecule has 1 amide bonds. The second-order valence-electron chi connectivity index (χ2n) is 6.25. The monoisotopic (exact) mass is 390 g/mol. The van der Waals surface area contributed by atoms with Crippen molar-refractivity contribution >= 4 is 33.6 Å². The fourth-order valence-electron chi connectivity index (χ4n) is 2.38. The molecule has 1 saturated heterocycles. The zero-order valence-corrected chi connectivity index (χ0v) is 15.4. The van der Waals surface area contributed by atoms with E-state index in [0.717, 1.165) is 5.56 Å². The van der Waals surface area contributed by atoms with Gasteiger partial charge in [0.05, 0.1) is 12.6 Å². The van der Waals surface area contributed by atoms with Crippen LogP contribution in [-0.4, -0.2) is 40.8 Å². The number of halogens is 2. The molecular weight excluding hydrogens is 372 g/mol. The molecule has 1 aromatic heterocycles. The van der Waals surface area contributed by atoms with Gasteiger partial charge in [0.25, 0.3) is 0 Å². The van der Waals surface area contributed by atoms with Crippen molar-refractivity contribution in [2.45, 2.75) is 45.4 Å². The topological polar surface area (TPSA) is 51.7 Å². The molecule has 0 spiro atoms. The smallest absolute Gasteiger partial charge is 0.410 e. The third-order valence-electron chi connectivity index (χ3n) is 3.30. The Morgan fingerprint density at radius 3 is 2.77 bits per heavy atom. The molecule has 0 N–H and O–H groups in total. The minimum atomic E-state index is -0.520. The Kier molecular flexibility index (Phi) is 5.35. The van der Waals surface area contributed by atoms with E-state index in [1.54, 1.807) is 11.0 Å². The van der Waals surface area contributed by atoms with Crippen LogP contribution in [0, 0.1) is 0 Å². The lowest BCUT2D eigenvalue weighted by Gasteiger charge is -2.40. The van der Waals surface area contributed by atoms with Gasteiger partial charge in [-0.2, -0.15) is 0 Å². The van der Waals surface area contributed by atoms with Crippen molar-refractivity contribution in [1.82, 2.24) is 9.88 Å². The molecule has 5 nitrogen and oxygen atoms in total. The zero-order chi connectivity index (χ0) is 16.5. The normalized spacial score (nSPS) is 22.5. The first-order chi connectivity index (χ1) is 10.2. The fourth-order valence-corrected chi connectivity index (χ4v) is 3.16. The summed E-state index contributed by atoms with van der Waals surface area (Å²) in [7, 11) is 0. The van der Waals surface area contributed by atoms with Crippen molar-refractivity contribution < 1.29 is 14.3 Å². The summed E-state index contributed by atoms with van der Waals surface area (Å²) in [6.07, 6.45) is -0.592. The van der Waals surface area contributed by atoms with Crippen molar-refractivity contribution in [3.63, 3.8) is 0 Å². The van der Waals surface area contributed by atoms with Gasteiger partial charge in [-0.05, 0) is 61.3 Å². The number of amides is 1. The number of carbonyl (C=O) groups is 1. The van der Waals surface area contributed by atoms with Crippen molar-refractivity contribution in [3.05, 3.63) is 27.5 Å². The number of pyridine rings is 1. The maximum Gasteiger partial charge on any atom is 0.410 e. The lowest BCUT2D eigenvalue weighted by Crippen LogP contribution is -2.50. The highest BCUT2D eigenvalue weighted by Gasteiger charge is 2.35. The van der Waals surface area contributed by atoms with Crippen molar-refractivity contribution in [2.24, 2.45) is 0 Å². The molecule has 22 heavy (non-hydrogen) atoms. The number of ether oxygens (including phenoxy) is 2. The molecule has 0 saturated carbocycles. The maximum atomic E-state index is 12.3. The van der Waals surface area contributed by atoms with Crippen LogP contribution in [0.25, 0.3) is 0 Å². The highest BCUT2D eigenvalue weighted by molar-refractivity contribution is 9.10. The molecule has 1 aliphatic heterocycles. The molecule has 1 aromatic rings. The lowest BCUT2D eigenvalue weighted by atomic mass is 10.0. The standard InChI is InChI=1S/C15H20BrClN2O3/c1-9-13(10-7-11(16)18-12(17)8-10)21-6-5-19(9)14(20)22-15(2,3)4/h7-9,13H,5-6H2,1-4H3. The molecule has 0 bridgehead atoms. The highest BCUT2D eigenvalue weighted by Crippen LogP contribution is 2.31. The van der Waals surface area contributed by atoms with E-state index in [4.69, 9.17) is 21.1 Å². The van der Waals surface area contributed by atoms with E-state index in [1.807, 2.05) is 33.8 Å². The predicted molar refractivity (Wildman–Crippen MR) is 88.0 cm³/mol. The number of carbonyl (C=O) groups excluding carboxylic acids is 1. The first-order valence-electron chi connectivity index (χ1n) is 7.11. The van der Waals surface area contributed by atoms with Gasteiger partial charge in [-0.1, -0.05) is 11.6 Å². The summed E-state index contributed by atoms with van der Waals surface area (Å²) < 4.78 is 11.9. The van der Waals surface area contributed by atoms with Crippen LogP contribution >= 0.6 is 27.5 Å². The molecule has 1 fully saturated rings. The second-order valence-corrected chi connectivity index (χ2v) is 7.45. The van der Waals surface area contributed by atoms with Crippen LogP contribution in [0.4, 0.5) is 4.79 Å². The van der Waals surface area contributed by atoms with Gasteiger partial charge in [0, 0.05) is 6.54 Å². The Morgan fingerprint density at radius 2 is 2.18 bits per heavy atom. The molecule has 0 aromatic carbocycles. The van der Waals surface area contributed by atoms with Crippen molar-refractivity contribution in [3.8, 4) is 0 Å². The lowest BCUT2D eigenvalue weighted by molar-refractivity contribution is -0.0724. The largest absolute Gasteiger partial charge is 0.444 e. The molecule has 2 rings (SSSR count). The first-order valence-corrected chi connectivity index (χ1v) is 8.28. The van der Waals surface area contributed by atoms with Gasteiger partial charge in [-0.3, -0.25) is 0 Å². The summed E-state index contributed by atoms with van der Waals surface area (Å²) in [6, 6.07) is 3.45. The number of hydrogen-bond acceptors (Lipinski definition) is 4. The molecular formula is C15H20BrClN2O3. The third kappa shape index (κ3) is 4.33. The molecule has 122 valence electrons. The average Bonchev–Trinajstić information content (AvgIpc) is 2.35. The van der Waals surface area contributed by atoms with E-state index in [2.05, 4.69) is 20.9 Å². The quantitative estimate of drug-likeness (QED) is 0.673. The zero-order valence-electron chi connectivity index (χ0n) is 13.1. The van der Waals surface area contributed by atoms with Crippen LogP contribution in [0.15, 0.2) is 16.7 Å². The summed E-state index contributed by atoms with van der Waals surface area (Å²) in [4.78, 5) is 18.1. The highest BCUT2D eigenvalue weighted by atomic mass is 79.9. The van der Waals surface area contributed by atoms with E-state index in [9.17, 15) is 4.79 Å². The minimum Gasteiger partial charge on any atom is -0.444 e. The fraction of sp³-hybridized carbons (Fsp3) is 0.600. The van der Waals surface area contributed by atoms with Gasteiger partial charge in [0.1, 0.15) is 21.5 Å². The van der Waals surface area contributed by atoms with Crippen molar-refractivity contribution in [2.75, 3.05) is 13.2 Å². The van der Waals surface area contributed by atoms with Gasteiger partial charge in [0.2, 0.25) is 0 Å². The van der Waals surface area contributed by atoms with E-state index >= 15 is 0 Å². The van der Waals surface area contributed by atoms with Crippen LogP contribution in [0.3, 0.4) is 0 Å². The first kappa shape index (κ1) is 17.5. The Hall–Kier alpha value is -0.850. The molecule has 2 atom stereocenters. The Morgan fingerprint density at radius 1 is 1.50 bits per heavy atom. The molecule has 2 heterocycles. The van der Waals surface area contributed by atoms with Crippen LogP contribution in [0.1, 0.15) is 39.4 Å². The van der Waals surface area contributed by atoms with Gasteiger partial charge < -0.3 is 14.4 Å². The number of rotatable bonds is 1. The van der Waals surface area contributed by atoms with Crippen molar-refractivity contribution in [1.29, 1.82) is 0 Å². The molecule has 0 radical (unpaired) electrons. The molecule has 7 heteroatoms. The minimum absolute atomic E-state index is 0.158. The third-order valence-corrected chi connectivity index (χ3v) is 3.90. The Bertz CT molecular complexity index is 542. The predicted octanol–water partition coefficient (Wildman–Crippen LogP) is 4.19. The molecule has 0 aliphatic carbocycles. The summed E-state index contributed by atoms with van der Waals surface area (Å²) in [5, 5.41) is 0.384. The van der Waals surface area contributed by atoms with E-state index in [1.165, 1.54) is 0 Å². The van der Waals surface area contributed by atoms with Crippen LogP contribution in [-0.2, 0) is 9.47 Å². The van der Waals surface area contributed by atoms with E-state index in [-0.39, 0.29) is 18.2 Å². The Labute approximate surface area is 144 Å². The number of aromatic nitrogens is 1. The van der Waals surface area contributed by atoms with Crippen LogP contribution in [0.5, 0.6) is 0 Å². The average molecular weight is 392 g/mol. The van der Waals surface area contributed by atoms with Gasteiger partial charge in [0.15, 0.2) is 0 Å². The SMILES string of the molecule is CC1C(c2cc(Cl)nc(Br)c2)OCCN1C(=O)OC(C)(C)C. The summed E-state index contributed by atoms with van der Waals surface area (Å²) in [5.74, 6) is 0.